The molecule has 0 atom stereocenters. The lowest BCUT2D eigenvalue weighted by molar-refractivity contribution is 0.302. The number of anilines is 1. The fourth-order valence-corrected chi connectivity index (χ4v) is 1.71. The molecule has 4 nitrogen and oxygen atoms in total. The van der Waals surface area contributed by atoms with Gasteiger partial charge in [0.15, 0.2) is 0 Å². The molecule has 1 aromatic heterocycles. The van der Waals surface area contributed by atoms with Gasteiger partial charge in [0, 0.05) is 18.8 Å². The second-order valence-corrected chi connectivity index (χ2v) is 3.93. The fourth-order valence-electron chi connectivity index (χ4n) is 1.71. The van der Waals surface area contributed by atoms with Gasteiger partial charge in [0.2, 0.25) is 11.8 Å². The molecular formula is C11H17N3O. The molecule has 0 saturated heterocycles. The highest BCUT2D eigenvalue weighted by atomic mass is 16.5. The minimum absolute atomic E-state index is 0.608. The molecule has 82 valence electrons. The molecule has 1 aliphatic rings. The normalized spacial score (nSPS) is 15.8. The third-order valence-corrected chi connectivity index (χ3v) is 2.90. The predicted molar refractivity (Wildman–Crippen MR) is 59.0 cm³/mol. The highest BCUT2D eigenvalue weighted by Crippen LogP contribution is 2.28. The van der Waals surface area contributed by atoms with Gasteiger partial charge in [-0.25, -0.2) is 4.98 Å². The van der Waals surface area contributed by atoms with Crippen LogP contribution in [-0.4, -0.2) is 23.6 Å². The first-order chi connectivity index (χ1) is 7.38. The van der Waals surface area contributed by atoms with Crippen molar-refractivity contribution in [2.75, 3.05) is 19.0 Å². The van der Waals surface area contributed by atoms with Gasteiger partial charge in [-0.2, -0.15) is 4.98 Å². The molecule has 2 rings (SSSR count). The van der Waals surface area contributed by atoms with Gasteiger partial charge in [-0.3, -0.25) is 0 Å². The zero-order chi connectivity index (χ0) is 10.5. The van der Waals surface area contributed by atoms with Crippen molar-refractivity contribution in [1.29, 1.82) is 0 Å². The first-order valence-corrected chi connectivity index (χ1v) is 5.49. The van der Waals surface area contributed by atoms with Gasteiger partial charge in [0.25, 0.3) is 0 Å². The maximum absolute atomic E-state index is 5.02. The van der Waals surface area contributed by atoms with Crippen LogP contribution in [0, 0.1) is 5.92 Å². The second kappa shape index (κ2) is 4.96. The van der Waals surface area contributed by atoms with Crippen molar-refractivity contribution in [3.63, 3.8) is 0 Å². The number of methoxy groups -OCH3 is 1. The van der Waals surface area contributed by atoms with Crippen molar-refractivity contribution < 1.29 is 4.74 Å². The van der Waals surface area contributed by atoms with Crippen molar-refractivity contribution in [2.45, 2.75) is 25.7 Å². The molecule has 0 aliphatic heterocycles. The van der Waals surface area contributed by atoms with Gasteiger partial charge in [0.05, 0.1) is 7.11 Å². The molecule has 1 saturated carbocycles. The van der Waals surface area contributed by atoms with E-state index in [1.165, 1.54) is 25.7 Å². The van der Waals surface area contributed by atoms with Crippen LogP contribution in [0.15, 0.2) is 12.3 Å². The molecule has 1 aromatic rings. The van der Waals surface area contributed by atoms with E-state index in [0.717, 1.165) is 12.5 Å². The molecule has 4 heteroatoms. The molecule has 1 fully saturated rings. The van der Waals surface area contributed by atoms with Crippen LogP contribution in [0.5, 0.6) is 5.88 Å². The maximum atomic E-state index is 5.02. The highest BCUT2D eigenvalue weighted by molar-refractivity contribution is 5.27. The van der Waals surface area contributed by atoms with Crippen LogP contribution < -0.4 is 10.1 Å². The first kappa shape index (κ1) is 10.2. The van der Waals surface area contributed by atoms with Gasteiger partial charge in [-0.05, 0) is 12.3 Å². The van der Waals surface area contributed by atoms with Crippen molar-refractivity contribution in [3.8, 4) is 5.88 Å². The molecule has 0 amide bonds. The number of hydrogen-bond acceptors (Lipinski definition) is 4. The summed E-state index contributed by atoms with van der Waals surface area (Å²) in [6.45, 7) is 0.956. The number of nitrogens with zero attached hydrogens (tertiary/aromatic N) is 2. The third kappa shape index (κ3) is 2.81. The molecule has 0 unspecified atom stereocenters. The van der Waals surface area contributed by atoms with Crippen molar-refractivity contribution in [1.82, 2.24) is 9.97 Å². The van der Waals surface area contributed by atoms with Gasteiger partial charge >= 0.3 is 0 Å². The predicted octanol–water partition coefficient (Wildman–Crippen LogP) is 2.09. The largest absolute Gasteiger partial charge is 0.481 e. The van der Waals surface area contributed by atoms with Gasteiger partial charge < -0.3 is 10.1 Å². The van der Waals surface area contributed by atoms with Crippen LogP contribution in [0.1, 0.15) is 25.7 Å². The summed E-state index contributed by atoms with van der Waals surface area (Å²) < 4.78 is 5.02. The molecule has 0 radical (unpaired) electrons. The Labute approximate surface area is 90.1 Å². The standard InChI is InChI=1S/C11H17N3O/c1-15-10-6-8-13-11(14-10)12-7-5-9-3-2-4-9/h6,8-9H,2-5,7H2,1H3,(H,12,13,14). The summed E-state index contributed by atoms with van der Waals surface area (Å²) in [5.41, 5.74) is 0. The zero-order valence-corrected chi connectivity index (χ0v) is 9.07. The van der Waals surface area contributed by atoms with Gasteiger partial charge in [-0.15, -0.1) is 0 Å². The lowest BCUT2D eigenvalue weighted by Crippen LogP contribution is -2.16. The number of ether oxygens (including phenoxy) is 1. The van der Waals surface area contributed by atoms with Crippen LogP contribution in [0.3, 0.4) is 0 Å². The summed E-state index contributed by atoms with van der Waals surface area (Å²) in [5, 5.41) is 3.22. The summed E-state index contributed by atoms with van der Waals surface area (Å²) >= 11 is 0. The third-order valence-electron chi connectivity index (χ3n) is 2.90. The summed E-state index contributed by atoms with van der Waals surface area (Å²) in [7, 11) is 1.61. The Kier molecular flexibility index (Phi) is 3.37. The SMILES string of the molecule is COc1ccnc(NCCC2CCC2)n1. The van der Waals surface area contributed by atoms with Crippen molar-refractivity contribution in [2.24, 2.45) is 5.92 Å². The Hall–Kier alpha value is -1.32. The zero-order valence-electron chi connectivity index (χ0n) is 9.07. The van der Waals surface area contributed by atoms with E-state index < -0.39 is 0 Å². The molecule has 1 heterocycles. The Morgan fingerprint density at radius 1 is 1.53 bits per heavy atom. The van der Waals surface area contributed by atoms with E-state index in [1.54, 1.807) is 19.4 Å². The molecule has 15 heavy (non-hydrogen) atoms. The monoisotopic (exact) mass is 207 g/mol. The van der Waals surface area contributed by atoms with Crippen LogP contribution in [0.2, 0.25) is 0 Å². The highest BCUT2D eigenvalue weighted by Gasteiger charge is 2.16. The summed E-state index contributed by atoms with van der Waals surface area (Å²) in [4.78, 5) is 8.31. The average molecular weight is 207 g/mol. The van der Waals surface area contributed by atoms with Crippen LogP contribution in [0.25, 0.3) is 0 Å². The van der Waals surface area contributed by atoms with Crippen LogP contribution in [-0.2, 0) is 0 Å². The maximum Gasteiger partial charge on any atom is 0.225 e. The molecular weight excluding hydrogens is 190 g/mol. The summed E-state index contributed by atoms with van der Waals surface area (Å²) in [6, 6.07) is 1.75. The number of hydrogen-bond donors (Lipinski definition) is 1. The Morgan fingerprint density at radius 3 is 3.07 bits per heavy atom. The molecule has 0 aromatic carbocycles. The van der Waals surface area contributed by atoms with Crippen LogP contribution >= 0.6 is 0 Å². The van der Waals surface area contributed by atoms with E-state index in [-0.39, 0.29) is 0 Å². The quantitative estimate of drug-likeness (QED) is 0.803. The molecule has 1 aliphatic carbocycles. The topological polar surface area (TPSA) is 47.0 Å². The van der Waals surface area contributed by atoms with E-state index in [2.05, 4.69) is 15.3 Å². The number of nitrogens with one attached hydrogen (secondary N) is 1. The van der Waals surface area contributed by atoms with Gasteiger partial charge in [0.1, 0.15) is 0 Å². The smallest absolute Gasteiger partial charge is 0.225 e. The lowest BCUT2D eigenvalue weighted by atomic mass is 9.83. The number of rotatable bonds is 5. The minimum Gasteiger partial charge on any atom is -0.481 e. The van der Waals surface area contributed by atoms with E-state index in [4.69, 9.17) is 4.74 Å². The summed E-state index contributed by atoms with van der Waals surface area (Å²) in [5.74, 6) is 2.19. The van der Waals surface area contributed by atoms with Gasteiger partial charge in [-0.1, -0.05) is 19.3 Å². The fraction of sp³-hybridized carbons (Fsp3) is 0.636. The Morgan fingerprint density at radius 2 is 2.40 bits per heavy atom. The van der Waals surface area contributed by atoms with E-state index in [0.29, 0.717) is 11.8 Å². The number of aromatic nitrogens is 2. The molecule has 1 N–H and O–H groups in total. The second-order valence-electron chi connectivity index (χ2n) is 3.93. The Balaban J connectivity index is 1.76. The van der Waals surface area contributed by atoms with Crippen molar-refractivity contribution in [3.05, 3.63) is 12.3 Å². The molecule has 0 bridgehead atoms. The van der Waals surface area contributed by atoms with E-state index in [9.17, 15) is 0 Å². The van der Waals surface area contributed by atoms with Crippen LogP contribution in [0.4, 0.5) is 5.95 Å². The van der Waals surface area contributed by atoms with E-state index >= 15 is 0 Å². The minimum atomic E-state index is 0.608. The molecule has 0 spiro atoms. The first-order valence-electron chi connectivity index (χ1n) is 5.49. The lowest BCUT2D eigenvalue weighted by Gasteiger charge is -2.25. The van der Waals surface area contributed by atoms with Crippen molar-refractivity contribution >= 4 is 5.95 Å². The average Bonchev–Trinajstić information content (AvgIpc) is 2.22. The summed E-state index contributed by atoms with van der Waals surface area (Å²) in [6.07, 6.45) is 7.11. The van der Waals surface area contributed by atoms with E-state index in [1.807, 2.05) is 0 Å². The Bertz CT molecular complexity index is 312.